The van der Waals surface area contributed by atoms with E-state index in [-0.39, 0.29) is 11.1 Å². The van der Waals surface area contributed by atoms with Crippen LogP contribution in [0.15, 0.2) is 48.7 Å². The molecule has 9 heteroatoms. The van der Waals surface area contributed by atoms with Crippen LogP contribution in [0.25, 0.3) is 5.65 Å². The Hall–Kier alpha value is -2.58. The van der Waals surface area contributed by atoms with Crippen LogP contribution in [0.4, 0.5) is 13.2 Å². The van der Waals surface area contributed by atoms with E-state index >= 15 is 0 Å². The summed E-state index contributed by atoms with van der Waals surface area (Å²) in [5, 5.41) is 0.178. The molecule has 0 N–H and O–H groups in total. The quantitative estimate of drug-likeness (QED) is 0.612. The molecule has 0 bridgehead atoms. The topological polar surface area (TPSA) is 40.9 Å². The summed E-state index contributed by atoms with van der Waals surface area (Å²) in [5.41, 5.74) is 1.13. The second-order valence-electron chi connectivity index (χ2n) is 7.30. The first kappa shape index (κ1) is 20.7. The highest BCUT2D eigenvalue weighted by molar-refractivity contribution is 6.32. The Balaban J connectivity index is 1.42. The van der Waals surface area contributed by atoms with Gasteiger partial charge in [0.15, 0.2) is 10.8 Å². The molecule has 1 aromatic carbocycles. The standard InChI is InChI=1S/C21H20ClF3N4O/c22-19-18(29-11-2-1-4-17(29)26-19)20(30)28-10-3-9-27(12-13-28)14-15-5-7-16(8-6-15)21(23,24)25/h1-2,4-8,11H,3,9-10,12-14H2. The van der Waals surface area contributed by atoms with Crippen molar-refractivity contribution in [2.75, 3.05) is 26.2 Å². The van der Waals surface area contributed by atoms with Crippen LogP contribution in [0.2, 0.25) is 5.15 Å². The molecule has 1 aliphatic heterocycles. The van der Waals surface area contributed by atoms with Crippen molar-refractivity contribution in [2.45, 2.75) is 19.1 Å². The largest absolute Gasteiger partial charge is 0.416 e. The SMILES string of the molecule is O=C(c1c(Cl)nc2ccccn12)N1CCCN(Cc2ccc(C(F)(F)F)cc2)CC1. The third-order valence-electron chi connectivity index (χ3n) is 5.25. The van der Waals surface area contributed by atoms with Crippen molar-refractivity contribution in [3.63, 3.8) is 0 Å². The minimum atomic E-state index is -4.33. The van der Waals surface area contributed by atoms with Crippen molar-refractivity contribution < 1.29 is 18.0 Å². The third kappa shape index (κ3) is 4.29. The van der Waals surface area contributed by atoms with E-state index in [1.807, 2.05) is 12.1 Å². The molecular weight excluding hydrogens is 417 g/mol. The summed E-state index contributed by atoms with van der Waals surface area (Å²) < 4.78 is 39.9. The molecule has 0 spiro atoms. The smallest absolute Gasteiger partial charge is 0.336 e. The number of imidazole rings is 1. The predicted molar refractivity (Wildman–Crippen MR) is 107 cm³/mol. The van der Waals surface area contributed by atoms with Gasteiger partial charge in [-0.3, -0.25) is 14.1 Å². The number of carbonyl (C=O) groups is 1. The maximum Gasteiger partial charge on any atom is 0.416 e. The summed E-state index contributed by atoms with van der Waals surface area (Å²) in [5.74, 6) is -0.171. The first-order chi connectivity index (χ1) is 14.3. The molecule has 0 aliphatic carbocycles. The molecular formula is C21H20ClF3N4O. The van der Waals surface area contributed by atoms with Crippen molar-refractivity contribution in [1.29, 1.82) is 0 Å². The van der Waals surface area contributed by atoms with Gasteiger partial charge in [0, 0.05) is 38.9 Å². The Bertz CT molecular complexity index is 1050. The number of hydrogen-bond donors (Lipinski definition) is 0. The van der Waals surface area contributed by atoms with Crippen LogP contribution >= 0.6 is 11.6 Å². The molecule has 0 radical (unpaired) electrons. The maximum atomic E-state index is 13.1. The fourth-order valence-corrected chi connectivity index (χ4v) is 3.96. The zero-order valence-electron chi connectivity index (χ0n) is 16.1. The summed E-state index contributed by atoms with van der Waals surface area (Å²) in [6.45, 7) is 3.01. The van der Waals surface area contributed by atoms with Gasteiger partial charge in [-0.2, -0.15) is 13.2 Å². The first-order valence-corrected chi connectivity index (χ1v) is 10.0. The minimum absolute atomic E-state index is 0.171. The van der Waals surface area contributed by atoms with Gasteiger partial charge in [-0.25, -0.2) is 4.98 Å². The molecule has 0 saturated carbocycles. The second kappa shape index (κ2) is 8.28. The van der Waals surface area contributed by atoms with Crippen LogP contribution < -0.4 is 0 Å². The number of carbonyl (C=O) groups excluding carboxylic acids is 1. The Kier molecular flexibility index (Phi) is 5.71. The Morgan fingerprint density at radius 2 is 1.80 bits per heavy atom. The predicted octanol–water partition coefficient (Wildman–Crippen LogP) is 4.35. The lowest BCUT2D eigenvalue weighted by Gasteiger charge is -2.22. The summed E-state index contributed by atoms with van der Waals surface area (Å²) in [7, 11) is 0. The van der Waals surface area contributed by atoms with Crippen molar-refractivity contribution in [3.05, 3.63) is 70.6 Å². The summed E-state index contributed by atoms with van der Waals surface area (Å²) in [4.78, 5) is 21.2. The van der Waals surface area contributed by atoms with Gasteiger partial charge in [-0.15, -0.1) is 0 Å². The van der Waals surface area contributed by atoms with Gasteiger partial charge in [-0.05, 0) is 36.2 Å². The van der Waals surface area contributed by atoms with E-state index in [4.69, 9.17) is 11.6 Å². The van der Waals surface area contributed by atoms with Crippen LogP contribution in [0.5, 0.6) is 0 Å². The van der Waals surface area contributed by atoms with E-state index in [1.165, 1.54) is 12.1 Å². The van der Waals surface area contributed by atoms with Gasteiger partial charge in [0.25, 0.3) is 5.91 Å². The van der Waals surface area contributed by atoms with Crippen molar-refractivity contribution in [3.8, 4) is 0 Å². The molecule has 2 aromatic heterocycles. The van der Waals surface area contributed by atoms with Crippen LogP contribution in [-0.2, 0) is 12.7 Å². The molecule has 1 fully saturated rings. The summed E-state index contributed by atoms with van der Waals surface area (Å²) in [6.07, 6.45) is -1.81. The second-order valence-corrected chi connectivity index (χ2v) is 7.65. The lowest BCUT2D eigenvalue weighted by atomic mass is 10.1. The fraction of sp³-hybridized carbons (Fsp3) is 0.333. The van der Waals surface area contributed by atoms with Gasteiger partial charge >= 0.3 is 6.18 Å². The molecule has 3 aromatic rings. The monoisotopic (exact) mass is 436 g/mol. The minimum Gasteiger partial charge on any atom is -0.336 e. The average Bonchev–Trinajstić information content (AvgIpc) is 2.87. The first-order valence-electron chi connectivity index (χ1n) is 9.63. The molecule has 3 heterocycles. The van der Waals surface area contributed by atoms with E-state index in [0.717, 1.165) is 30.7 Å². The summed E-state index contributed by atoms with van der Waals surface area (Å²) >= 11 is 6.23. The number of pyridine rings is 1. The number of hydrogen-bond acceptors (Lipinski definition) is 3. The number of nitrogens with zero attached hydrogens (tertiary/aromatic N) is 4. The highest BCUT2D eigenvalue weighted by Gasteiger charge is 2.30. The Morgan fingerprint density at radius 1 is 1.03 bits per heavy atom. The molecule has 1 aliphatic rings. The van der Waals surface area contributed by atoms with Crippen molar-refractivity contribution >= 4 is 23.2 Å². The van der Waals surface area contributed by atoms with Crippen LogP contribution in [-0.4, -0.2) is 51.3 Å². The van der Waals surface area contributed by atoms with Crippen LogP contribution in [0.1, 0.15) is 28.0 Å². The van der Waals surface area contributed by atoms with E-state index in [2.05, 4.69) is 9.88 Å². The fourth-order valence-electron chi connectivity index (χ4n) is 3.70. The zero-order chi connectivity index (χ0) is 21.3. The number of amides is 1. The van der Waals surface area contributed by atoms with E-state index in [1.54, 1.807) is 21.6 Å². The maximum absolute atomic E-state index is 13.1. The highest BCUT2D eigenvalue weighted by Crippen LogP contribution is 2.29. The van der Waals surface area contributed by atoms with E-state index in [9.17, 15) is 18.0 Å². The van der Waals surface area contributed by atoms with E-state index < -0.39 is 11.7 Å². The zero-order valence-corrected chi connectivity index (χ0v) is 16.8. The lowest BCUT2D eigenvalue weighted by Crippen LogP contribution is -2.35. The highest BCUT2D eigenvalue weighted by atomic mass is 35.5. The number of alkyl halides is 3. The number of fused-ring (bicyclic) bond motifs is 1. The number of aromatic nitrogens is 2. The van der Waals surface area contributed by atoms with Crippen molar-refractivity contribution in [1.82, 2.24) is 19.2 Å². The van der Waals surface area contributed by atoms with Gasteiger partial charge in [0.05, 0.1) is 5.56 Å². The van der Waals surface area contributed by atoms with E-state index in [0.29, 0.717) is 37.5 Å². The molecule has 1 saturated heterocycles. The van der Waals surface area contributed by atoms with Crippen molar-refractivity contribution in [2.24, 2.45) is 0 Å². The normalized spacial score (nSPS) is 16.1. The van der Waals surface area contributed by atoms with Crippen LogP contribution in [0, 0.1) is 0 Å². The van der Waals surface area contributed by atoms with Gasteiger partial charge in [0.1, 0.15) is 5.65 Å². The molecule has 5 nitrogen and oxygen atoms in total. The lowest BCUT2D eigenvalue weighted by molar-refractivity contribution is -0.137. The molecule has 0 atom stereocenters. The molecule has 4 rings (SSSR count). The van der Waals surface area contributed by atoms with Gasteiger partial charge in [0.2, 0.25) is 0 Å². The number of halogens is 4. The van der Waals surface area contributed by atoms with Gasteiger partial charge in [-0.1, -0.05) is 29.8 Å². The molecule has 0 unspecified atom stereocenters. The van der Waals surface area contributed by atoms with Gasteiger partial charge < -0.3 is 4.90 Å². The van der Waals surface area contributed by atoms with Crippen LogP contribution in [0.3, 0.4) is 0 Å². The molecule has 1 amide bonds. The Morgan fingerprint density at radius 3 is 2.53 bits per heavy atom. The number of benzene rings is 1. The molecule has 30 heavy (non-hydrogen) atoms. The third-order valence-corrected chi connectivity index (χ3v) is 5.52. The average molecular weight is 437 g/mol. The number of rotatable bonds is 3. The summed E-state index contributed by atoms with van der Waals surface area (Å²) in [6, 6.07) is 10.7. The molecule has 158 valence electrons. The Labute approximate surface area is 176 Å².